The third-order valence-electron chi connectivity index (χ3n) is 7.21. The van der Waals surface area contributed by atoms with Gasteiger partial charge in [0.2, 0.25) is 5.91 Å². The normalized spacial score (nSPS) is 22.9. The van der Waals surface area contributed by atoms with Gasteiger partial charge in [-0.25, -0.2) is 0 Å². The fourth-order valence-electron chi connectivity index (χ4n) is 5.65. The largest absolute Gasteiger partial charge is 0.379 e. The van der Waals surface area contributed by atoms with E-state index < -0.39 is 0 Å². The van der Waals surface area contributed by atoms with Crippen LogP contribution >= 0.6 is 0 Å². The number of benzene rings is 1. The first-order valence-electron chi connectivity index (χ1n) is 12.0. The van der Waals surface area contributed by atoms with Crippen molar-refractivity contribution in [1.29, 1.82) is 0 Å². The van der Waals surface area contributed by atoms with Crippen LogP contribution in [0.5, 0.6) is 0 Å². The molecule has 1 aromatic heterocycles. The molecule has 3 aliphatic heterocycles. The van der Waals surface area contributed by atoms with Crippen LogP contribution < -0.4 is 5.56 Å². The first kappa shape index (κ1) is 22.3. The summed E-state index contributed by atoms with van der Waals surface area (Å²) in [6.45, 7) is 6.77. The molecule has 5 rings (SSSR count). The van der Waals surface area contributed by atoms with Crippen LogP contribution in [-0.2, 0) is 22.6 Å². The highest BCUT2D eigenvalue weighted by molar-refractivity contribution is 5.78. The maximum atomic E-state index is 13.7. The fourth-order valence-corrected chi connectivity index (χ4v) is 5.65. The number of pyridine rings is 1. The van der Waals surface area contributed by atoms with Crippen LogP contribution in [0.25, 0.3) is 11.1 Å². The number of carbonyl (C=O) groups excluding carboxylic acids is 1. The van der Waals surface area contributed by atoms with Gasteiger partial charge in [-0.3, -0.25) is 14.5 Å². The van der Waals surface area contributed by atoms with E-state index in [1.165, 1.54) is 5.56 Å². The summed E-state index contributed by atoms with van der Waals surface area (Å²) in [4.78, 5) is 32.7. The zero-order valence-corrected chi connectivity index (χ0v) is 19.7. The van der Waals surface area contributed by atoms with Crippen LogP contribution in [0, 0.1) is 5.92 Å². The van der Waals surface area contributed by atoms with Crippen molar-refractivity contribution in [3.05, 3.63) is 58.0 Å². The Kier molecular flexibility index (Phi) is 6.36. The van der Waals surface area contributed by atoms with Crippen molar-refractivity contribution in [3.8, 4) is 11.1 Å². The summed E-state index contributed by atoms with van der Waals surface area (Å²) < 4.78 is 7.48. The van der Waals surface area contributed by atoms with E-state index >= 15 is 0 Å². The van der Waals surface area contributed by atoms with Gasteiger partial charge in [-0.2, -0.15) is 0 Å². The van der Waals surface area contributed by atoms with Gasteiger partial charge in [-0.1, -0.05) is 24.3 Å². The molecule has 1 aromatic carbocycles. The van der Waals surface area contributed by atoms with E-state index in [4.69, 9.17) is 4.74 Å². The molecule has 7 heteroatoms. The number of carbonyl (C=O) groups is 1. The van der Waals surface area contributed by atoms with Crippen molar-refractivity contribution in [3.63, 3.8) is 0 Å². The van der Waals surface area contributed by atoms with Gasteiger partial charge in [0, 0.05) is 56.4 Å². The van der Waals surface area contributed by atoms with E-state index in [0.29, 0.717) is 25.6 Å². The van der Waals surface area contributed by atoms with Gasteiger partial charge in [0.1, 0.15) is 0 Å². The average molecular weight is 451 g/mol. The standard InChI is InChI=1S/C26H34N4O3/c1-27(2)18-25(31)29-14-19-13-21(17-29)24-8-7-23(26(32)30(24)15-19)22-6-4-3-5-20(22)16-28-9-11-33-12-10-28/h3-8,19,21H,9-18H2,1-2H3. The topological polar surface area (TPSA) is 58.0 Å². The summed E-state index contributed by atoms with van der Waals surface area (Å²) in [7, 11) is 3.85. The predicted octanol–water partition coefficient (Wildman–Crippen LogP) is 1.85. The number of aromatic nitrogens is 1. The van der Waals surface area contributed by atoms with Crippen LogP contribution in [0.4, 0.5) is 0 Å². The molecule has 1 amide bonds. The number of amides is 1. The highest BCUT2D eigenvalue weighted by atomic mass is 16.5. The average Bonchev–Trinajstić information content (AvgIpc) is 2.80. The minimum atomic E-state index is 0.102. The van der Waals surface area contributed by atoms with Crippen molar-refractivity contribution in [2.75, 3.05) is 60.0 Å². The molecule has 2 bridgehead atoms. The van der Waals surface area contributed by atoms with Gasteiger partial charge in [-0.15, -0.1) is 0 Å². The lowest BCUT2D eigenvalue weighted by Crippen LogP contribution is -2.51. The molecule has 176 valence electrons. The van der Waals surface area contributed by atoms with Crippen LogP contribution in [-0.4, -0.2) is 85.2 Å². The molecule has 2 unspecified atom stereocenters. The van der Waals surface area contributed by atoms with Gasteiger partial charge >= 0.3 is 0 Å². The maximum Gasteiger partial charge on any atom is 0.258 e. The van der Waals surface area contributed by atoms with E-state index in [2.05, 4.69) is 29.2 Å². The van der Waals surface area contributed by atoms with Crippen molar-refractivity contribution in [1.82, 2.24) is 19.3 Å². The van der Waals surface area contributed by atoms with Gasteiger partial charge in [0.05, 0.1) is 19.8 Å². The number of hydrogen-bond acceptors (Lipinski definition) is 5. The highest BCUT2D eigenvalue weighted by Crippen LogP contribution is 2.36. The second kappa shape index (κ2) is 9.41. The van der Waals surface area contributed by atoms with E-state index in [0.717, 1.165) is 62.6 Å². The molecule has 33 heavy (non-hydrogen) atoms. The number of ether oxygens (including phenoxy) is 1. The van der Waals surface area contributed by atoms with Gasteiger partial charge < -0.3 is 19.1 Å². The molecule has 3 aliphatic rings. The van der Waals surface area contributed by atoms with E-state index in [1.807, 2.05) is 40.6 Å². The molecule has 0 N–H and O–H groups in total. The van der Waals surface area contributed by atoms with E-state index in [1.54, 1.807) is 0 Å². The molecular weight excluding hydrogens is 416 g/mol. The number of likely N-dealkylation sites (tertiary alicyclic amines) is 1. The Labute approximate surface area is 195 Å². The van der Waals surface area contributed by atoms with Crippen LogP contribution in [0.15, 0.2) is 41.2 Å². The minimum Gasteiger partial charge on any atom is -0.379 e. The molecule has 2 atom stereocenters. The van der Waals surface area contributed by atoms with Crippen molar-refractivity contribution in [2.24, 2.45) is 5.92 Å². The Hall–Kier alpha value is -2.48. The minimum absolute atomic E-state index is 0.102. The molecule has 2 aromatic rings. The Balaban J connectivity index is 1.43. The number of rotatable bonds is 5. The second-order valence-corrected chi connectivity index (χ2v) is 9.97. The monoisotopic (exact) mass is 450 g/mol. The SMILES string of the molecule is CN(C)CC(=O)N1CC2CC(C1)c1ccc(-c3ccccc3CN3CCOCC3)c(=O)n1C2. The molecule has 7 nitrogen and oxygen atoms in total. The Morgan fingerprint density at radius 1 is 1.03 bits per heavy atom. The van der Waals surface area contributed by atoms with Crippen LogP contribution in [0.3, 0.4) is 0 Å². The lowest BCUT2D eigenvalue weighted by molar-refractivity contribution is -0.134. The molecule has 0 radical (unpaired) electrons. The molecule has 0 spiro atoms. The number of piperidine rings is 1. The van der Waals surface area contributed by atoms with E-state index in [9.17, 15) is 9.59 Å². The lowest BCUT2D eigenvalue weighted by atomic mass is 9.82. The third-order valence-corrected chi connectivity index (χ3v) is 7.21. The number of hydrogen-bond donors (Lipinski definition) is 0. The van der Waals surface area contributed by atoms with Crippen molar-refractivity contribution < 1.29 is 9.53 Å². The molecule has 4 heterocycles. The summed E-state index contributed by atoms with van der Waals surface area (Å²) in [5, 5.41) is 0. The smallest absolute Gasteiger partial charge is 0.258 e. The second-order valence-electron chi connectivity index (χ2n) is 9.97. The molecule has 2 fully saturated rings. The molecule has 0 saturated carbocycles. The van der Waals surface area contributed by atoms with E-state index in [-0.39, 0.29) is 17.4 Å². The molecule has 2 saturated heterocycles. The Morgan fingerprint density at radius 3 is 2.61 bits per heavy atom. The Morgan fingerprint density at radius 2 is 1.82 bits per heavy atom. The Bertz CT molecular complexity index is 1070. The molecular formula is C26H34N4O3. The van der Waals surface area contributed by atoms with Crippen molar-refractivity contribution >= 4 is 5.91 Å². The molecule has 0 aliphatic carbocycles. The van der Waals surface area contributed by atoms with Crippen LogP contribution in [0.1, 0.15) is 23.6 Å². The van der Waals surface area contributed by atoms with Gasteiger partial charge in [-0.05, 0) is 49.7 Å². The summed E-state index contributed by atoms with van der Waals surface area (Å²) in [5.74, 6) is 0.743. The third kappa shape index (κ3) is 4.63. The zero-order chi connectivity index (χ0) is 22.9. The number of fused-ring (bicyclic) bond motifs is 4. The summed E-state index contributed by atoms with van der Waals surface area (Å²) in [6, 6.07) is 12.4. The van der Waals surface area contributed by atoms with Gasteiger partial charge in [0.15, 0.2) is 0 Å². The quantitative estimate of drug-likeness (QED) is 0.696. The fraction of sp³-hybridized carbons (Fsp3) is 0.538. The highest BCUT2D eigenvalue weighted by Gasteiger charge is 2.36. The first-order valence-corrected chi connectivity index (χ1v) is 12.0. The first-order chi connectivity index (χ1) is 16.0. The maximum absolute atomic E-state index is 13.7. The summed E-state index contributed by atoms with van der Waals surface area (Å²) in [5.41, 5.74) is 4.18. The number of nitrogens with zero attached hydrogens (tertiary/aromatic N) is 4. The lowest BCUT2D eigenvalue weighted by Gasteiger charge is -2.43. The van der Waals surface area contributed by atoms with Crippen LogP contribution in [0.2, 0.25) is 0 Å². The van der Waals surface area contributed by atoms with Gasteiger partial charge in [0.25, 0.3) is 5.56 Å². The zero-order valence-electron chi connectivity index (χ0n) is 19.7. The summed E-state index contributed by atoms with van der Waals surface area (Å²) >= 11 is 0. The summed E-state index contributed by atoms with van der Waals surface area (Å²) in [6.07, 6.45) is 1.05. The number of morpholine rings is 1. The predicted molar refractivity (Wildman–Crippen MR) is 128 cm³/mol. The number of likely N-dealkylation sites (N-methyl/N-ethyl adjacent to an activating group) is 1. The van der Waals surface area contributed by atoms with Crippen molar-refractivity contribution in [2.45, 2.75) is 25.4 Å².